The van der Waals surface area contributed by atoms with Gasteiger partial charge in [0, 0.05) is 38.9 Å². The second kappa shape index (κ2) is 8.67. The highest BCUT2D eigenvalue weighted by molar-refractivity contribution is 5.97. The Bertz CT molecular complexity index is 907. The van der Waals surface area contributed by atoms with Crippen molar-refractivity contribution in [2.75, 3.05) is 26.2 Å². The maximum Gasteiger partial charge on any atom is 0.257 e. The number of carbonyl (C=O) groups excluding carboxylic acids is 1. The van der Waals surface area contributed by atoms with Crippen LogP contribution in [0.5, 0.6) is 11.5 Å². The maximum atomic E-state index is 13.1. The van der Waals surface area contributed by atoms with Crippen molar-refractivity contribution >= 4 is 5.91 Å². The van der Waals surface area contributed by atoms with Gasteiger partial charge in [0.25, 0.3) is 5.91 Å². The second-order valence-electron chi connectivity index (χ2n) is 6.80. The van der Waals surface area contributed by atoms with E-state index in [4.69, 9.17) is 4.74 Å². The van der Waals surface area contributed by atoms with Gasteiger partial charge in [-0.2, -0.15) is 0 Å². The molecule has 28 heavy (non-hydrogen) atoms. The van der Waals surface area contributed by atoms with Crippen LogP contribution in [0.15, 0.2) is 79.0 Å². The highest BCUT2D eigenvalue weighted by atomic mass is 16.5. The number of pyridine rings is 1. The summed E-state index contributed by atoms with van der Waals surface area (Å²) in [7, 11) is 0. The quantitative estimate of drug-likeness (QED) is 0.682. The van der Waals surface area contributed by atoms with Crippen LogP contribution < -0.4 is 4.74 Å². The first-order valence-electron chi connectivity index (χ1n) is 9.53. The first-order valence-corrected chi connectivity index (χ1v) is 9.53. The molecule has 0 radical (unpaired) electrons. The molecule has 1 fully saturated rings. The molecule has 2 heterocycles. The van der Waals surface area contributed by atoms with Crippen LogP contribution in [0.25, 0.3) is 0 Å². The van der Waals surface area contributed by atoms with Gasteiger partial charge in [0.15, 0.2) is 0 Å². The van der Waals surface area contributed by atoms with Crippen LogP contribution >= 0.6 is 0 Å². The first kappa shape index (κ1) is 18.2. The van der Waals surface area contributed by atoms with Gasteiger partial charge >= 0.3 is 0 Å². The number of nitrogens with zero attached hydrogens (tertiary/aromatic N) is 3. The fourth-order valence-corrected chi connectivity index (χ4v) is 3.35. The van der Waals surface area contributed by atoms with Crippen LogP contribution in [-0.4, -0.2) is 46.9 Å². The van der Waals surface area contributed by atoms with Crippen LogP contribution in [0.1, 0.15) is 16.1 Å². The van der Waals surface area contributed by atoms with Crippen LogP contribution in [-0.2, 0) is 6.54 Å². The summed E-state index contributed by atoms with van der Waals surface area (Å²) in [5, 5.41) is 0. The molecule has 5 nitrogen and oxygen atoms in total. The van der Waals surface area contributed by atoms with Crippen LogP contribution in [0.4, 0.5) is 0 Å². The first-order chi connectivity index (χ1) is 13.8. The topological polar surface area (TPSA) is 45.7 Å². The average Bonchev–Trinajstić information content (AvgIpc) is 2.76. The number of piperazine rings is 1. The van der Waals surface area contributed by atoms with E-state index in [0.29, 0.717) is 24.4 Å². The van der Waals surface area contributed by atoms with Crippen LogP contribution in [0, 0.1) is 0 Å². The zero-order valence-corrected chi connectivity index (χ0v) is 15.7. The lowest BCUT2D eigenvalue weighted by Gasteiger charge is -2.34. The van der Waals surface area contributed by atoms with Crippen molar-refractivity contribution in [2.45, 2.75) is 6.54 Å². The zero-order valence-electron chi connectivity index (χ0n) is 15.7. The van der Waals surface area contributed by atoms with Crippen LogP contribution in [0.2, 0.25) is 0 Å². The second-order valence-corrected chi connectivity index (χ2v) is 6.80. The summed E-state index contributed by atoms with van der Waals surface area (Å²) >= 11 is 0. The summed E-state index contributed by atoms with van der Waals surface area (Å²) in [6, 6.07) is 23.0. The number of hydrogen-bond donors (Lipinski definition) is 0. The van der Waals surface area contributed by atoms with E-state index < -0.39 is 0 Å². The molecular weight excluding hydrogens is 350 g/mol. The van der Waals surface area contributed by atoms with Crippen molar-refractivity contribution in [1.29, 1.82) is 0 Å². The standard InChI is InChI=1S/C23H23N3O2/c27-23(21-11-4-5-12-22(21)28-20-9-2-1-3-10-20)26-16-14-25(15-17-26)18-19-8-6-7-13-24-19/h1-13H,14-18H2. The summed E-state index contributed by atoms with van der Waals surface area (Å²) in [6.45, 7) is 3.89. The Kier molecular flexibility index (Phi) is 5.64. The fraction of sp³-hybridized carbons (Fsp3) is 0.217. The minimum atomic E-state index is 0.0176. The summed E-state index contributed by atoms with van der Waals surface area (Å²) in [6.07, 6.45) is 1.82. The highest BCUT2D eigenvalue weighted by Crippen LogP contribution is 2.26. The van der Waals surface area contributed by atoms with Crippen molar-refractivity contribution in [3.63, 3.8) is 0 Å². The third-order valence-electron chi connectivity index (χ3n) is 4.86. The Balaban J connectivity index is 1.40. The van der Waals surface area contributed by atoms with E-state index >= 15 is 0 Å². The molecule has 0 aliphatic carbocycles. The van der Waals surface area contributed by atoms with Gasteiger partial charge in [-0.15, -0.1) is 0 Å². The van der Waals surface area contributed by atoms with Gasteiger partial charge in [0.2, 0.25) is 0 Å². The molecule has 3 aromatic rings. The van der Waals surface area contributed by atoms with Crippen molar-refractivity contribution in [1.82, 2.24) is 14.8 Å². The smallest absolute Gasteiger partial charge is 0.257 e. The maximum absolute atomic E-state index is 13.1. The van der Waals surface area contributed by atoms with Gasteiger partial charge in [0.05, 0.1) is 11.3 Å². The van der Waals surface area contributed by atoms with E-state index in [1.807, 2.05) is 83.9 Å². The van der Waals surface area contributed by atoms with Gasteiger partial charge < -0.3 is 9.64 Å². The van der Waals surface area contributed by atoms with Gasteiger partial charge in [-0.1, -0.05) is 36.4 Å². The molecule has 0 saturated carbocycles. The summed E-state index contributed by atoms with van der Waals surface area (Å²) < 4.78 is 5.96. The average molecular weight is 373 g/mol. The molecule has 0 bridgehead atoms. The third-order valence-corrected chi connectivity index (χ3v) is 4.86. The molecule has 0 atom stereocenters. The molecule has 1 aliphatic rings. The lowest BCUT2D eigenvalue weighted by Crippen LogP contribution is -2.48. The monoisotopic (exact) mass is 373 g/mol. The molecule has 4 rings (SSSR count). The summed E-state index contributed by atoms with van der Waals surface area (Å²) in [5.41, 5.74) is 1.66. The lowest BCUT2D eigenvalue weighted by atomic mass is 10.1. The Morgan fingerprint density at radius 3 is 2.32 bits per heavy atom. The number of ether oxygens (including phenoxy) is 1. The number of hydrogen-bond acceptors (Lipinski definition) is 4. The predicted molar refractivity (Wildman–Crippen MR) is 108 cm³/mol. The van der Waals surface area contributed by atoms with Crippen molar-refractivity contribution < 1.29 is 9.53 Å². The Hall–Kier alpha value is -3.18. The van der Waals surface area contributed by atoms with E-state index in [1.165, 1.54) is 0 Å². The minimum absolute atomic E-state index is 0.0176. The molecule has 2 aromatic carbocycles. The minimum Gasteiger partial charge on any atom is -0.457 e. The van der Waals surface area contributed by atoms with E-state index in [9.17, 15) is 4.79 Å². The Labute approximate surface area is 165 Å². The molecule has 142 valence electrons. The number of para-hydroxylation sites is 2. The number of aromatic nitrogens is 1. The van der Waals surface area contributed by atoms with Gasteiger partial charge in [-0.25, -0.2) is 0 Å². The number of carbonyl (C=O) groups is 1. The highest BCUT2D eigenvalue weighted by Gasteiger charge is 2.24. The summed E-state index contributed by atoms with van der Waals surface area (Å²) in [5.74, 6) is 1.33. The van der Waals surface area contributed by atoms with Crippen LogP contribution in [0.3, 0.4) is 0 Å². The molecule has 1 saturated heterocycles. The molecule has 1 aliphatic heterocycles. The fourth-order valence-electron chi connectivity index (χ4n) is 3.35. The number of rotatable bonds is 5. The molecule has 5 heteroatoms. The number of benzene rings is 2. The van der Waals surface area contributed by atoms with E-state index in [1.54, 1.807) is 0 Å². The Morgan fingerprint density at radius 1 is 0.857 bits per heavy atom. The van der Waals surface area contributed by atoms with E-state index in [-0.39, 0.29) is 5.91 Å². The molecule has 0 N–H and O–H groups in total. The molecule has 0 spiro atoms. The molecular formula is C23H23N3O2. The van der Waals surface area contributed by atoms with E-state index in [2.05, 4.69) is 9.88 Å². The molecule has 1 aromatic heterocycles. The molecule has 0 unspecified atom stereocenters. The van der Waals surface area contributed by atoms with E-state index in [0.717, 1.165) is 31.1 Å². The zero-order chi connectivity index (χ0) is 19.2. The summed E-state index contributed by atoms with van der Waals surface area (Å²) in [4.78, 5) is 21.7. The van der Waals surface area contributed by atoms with Crippen molar-refractivity contribution in [3.05, 3.63) is 90.3 Å². The normalized spacial score (nSPS) is 14.6. The largest absolute Gasteiger partial charge is 0.457 e. The third kappa shape index (κ3) is 4.38. The number of amides is 1. The van der Waals surface area contributed by atoms with Crippen molar-refractivity contribution in [2.24, 2.45) is 0 Å². The lowest BCUT2D eigenvalue weighted by molar-refractivity contribution is 0.0624. The van der Waals surface area contributed by atoms with Crippen molar-refractivity contribution in [3.8, 4) is 11.5 Å². The predicted octanol–water partition coefficient (Wildman–Crippen LogP) is 3.83. The van der Waals surface area contributed by atoms with Gasteiger partial charge in [0.1, 0.15) is 11.5 Å². The Morgan fingerprint density at radius 2 is 1.57 bits per heavy atom. The van der Waals surface area contributed by atoms with Gasteiger partial charge in [-0.3, -0.25) is 14.7 Å². The molecule has 1 amide bonds. The van der Waals surface area contributed by atoms with Gasteiger partial charge in [-0.05, 0) is 36.4 Å². The SMILES string of the molecule is O=C(c1ccccc1Oc1ccccc1)N1CCN(Cc2ccccn2)CC1.